The molecule has 0 saturated carbocycles. The Balaban J connectivity index is 0.00000272. The predicted octanol–water partition coefficient (Wildman–Crippen LogP) is 2.03. The third-order valence-electron chi connectivity index (χ3n) is 4.50. The van der Waals surface area contributed by atoms with Crippen molar-refractivity contribution in [2.75, 3.05) is 5.32 Å². The van der Waals surface area contributed by atoms with Gasteiger partial charge in [-0.2, -0.15) is 0 Å². The van der Waals surface area contributed by atoms with Gasteiger partial charge in [-0.15, -0.1) is 0 Å². The summed E-state index contributed by atoms with van der Waals surface area (Å²) < 4.78 is 33.6. The molecule has 0 spiro atoms. The second-order valence-corrected chi connectivity index (χ2v) is 9.38. The number of anilines is 1. The molecule has 4 aromatic rings. The van der Waals surface area contributed by atoms with E-state index in [9.17, 15) is 13.0 Å². The topological polar surface area (TPSA) is 97.9 Å². The quantitative estimate of drug-likeness (QED) is 0.238. The van der Waals surface area contributed by atoms with Crippen LogP contribution in [-0.2, 0) is 22.4 Å². The number of aromatic nitrogens is 2. The molecule has 31 heavy (non-hydrogen) atoms. The van der Waals surface area contributed by atoms with Gasteiger partial charge in [-0.25, -0.2) is 13.4 Å². The first-order valence-corrected chi connectivity index (χ1v) is 11.8. The molecule has 0 aliphatic heterocycles. The van der Waals surface area contributed by atoms with Crippen LogP contribution in [0, 0.1) is 0 Å². The molecule has 6 nitrogen and oxygen atoms in total. The Labute approximate surface area is 211 Å². The van der Waals surface area contributed by atoms with Gasteiger partial charge in [-0.05, 0) is 47.5 Å². The van der Waals surface area contributed by atoms with Crippen molar-refractivity contribution in [3.63, 3.8) is 0 Å². The monoisotopic (exact) mass is 481 g/mol. The van der Waals surface area contributed by atoms with Crippen molar-refractivity contribution < 1.29 is 42.5 Å². The zero-order valence-corrected chi connectivity index (χ0v) is 21.0. The van der Waals surface area contributed by atoms with Crippen molar-refractivity contribution in [2.24, 2.45) is 0 Å². The number of nitrogens with one attached hydrogen (secondary N) is 2. The van der Waals surface area contributed by atoms with Crippen molar-refractivity contribution in [3.8, 4) is 0 Å². The van der Waals surface area contributed by atoms with E-state index in [1.807, 2.05) is 48.5 Å². The number of imidazole rings is 1. The Morgan fingerprint density at radius 2 is 1.81 bits per heavy atom. The smallest absolute Gasteiger partial charge is 0.744 e. The number of rotatable bonds is 7. The number of hydrogen-bond donors (Lipinski definition) is 2. The summed E-state index contributed by atoms with van der Waals surface area (Å²) in [7, 11) is -4.50. The zero-order valence-electron chi connectivity index (χ0n) is 16.6. The van der Waals surface area contributed by atoms with Crippen molar-refractivity contribution in [1.82, 2.24) is 9.97 Å². The van der Waals surface area contributed by atoms with Gasteiger partial charge in [0, 0.05) is 23.0 Å². The van der Waals surface area contributed by atoms with Crippen LogP contribution in [0.4, 0.5) is 5.69 Å². The molecule has 0 amide bonds. The van der Waals surface area contributed by atoms with Gasteiger partial charge >= 0.3 is 29.6 Å². The first-order chi connectivity index (χ1) is 14.4. The van der Waals surface area contributed by atoms with E-state index < -0.39 is 10.1 Å². The van der Waals surface area contributed by atoms with E-state index in [-0.39, 0.29) is 34.5 Å². The van der Waals surface area contributed by atoms with E-state index >= 15 is 0 Å². The van der Waals surface area contributed by atoms with Gasteiger partial charge < -0.3 is 14.9 Å². The van der Waals surface area contributed by atoms with Crippen LogP contribution < -0.4 is 34.9 Å². The summed E-state index contributed by atoms with van der Waals surface area (Å²) in [5, 5.41) is 4.81. The molecule has 0 fully saturated rings. The summed E-state index contributed by atoms with van der Waals surface area (Å²) in [6, 6.07) is 19.8. The standard InChI is InChI=1S/C21H18ClN3O3S2.Na/c22-16-7-5-14(6-8-16)12-23-18-4-2-1-3-15(18)13-29-21-24-19-10-9-17(30(26,27)28)11-20(19)25-21;/h1-11,23H,12-13H2,(H,24,25)(H,26,27,28);/q;+1/p-1. The van der Waals surface area contributed by atoms with Crippen LogP contribution in [0.3, 0.4) is 0 Å². The van der Waals surface area contributed by atoms with E-state index in [1.54, 1.807) is 0 Å². The van der Waals surface area contributed by atoms with E-state index in [2.05, 4.69) is 15.3 Å². The van der Waals surface area contributed by atoms with Crippen LogP contribution in [0.2, 0.25) is 5.02 Å². The maximum atomic E-state index is 11.2. The van der Waals surface area contributed by atoms with Crippen LogP contribution >= 0.6 is 23.4 Å². The molecule has 154 valence electrons. The van der Waals surface area contributed by atoms with Crippen LogP contribution in [0.5, 0.6) is 0 Å². The second kappa shape index (κ2) is 10.4. The molecule has 0 aliphatic rings. The first-order valence-electron chi connectivity index (χ1n) is 9.03. The van der Waals surface area contributed by atoms with Crippen molar-refractivity contribution >= 4 is 50.2 Å². The fourth-order valence-corrected chi connectivity index (χ4v) is 4.47. The van der Waals surface area contributed by atoms with Gasteiger partial charge in [0.15, 0.2) is 5.16 Å². The minimum atomic E-state index is -4.50. The molecular formula is C21H17ClN3NaO3S2. The van der Waals surface area contributed by atoms with Crippen LogP contribution in [-0.4, -0.2) is 22.9 Å². The number of nitrogens with zero attached hydrogens (tertiary/aromatic N) is 1. The molecule has 0 unspecified atom stereocenters. The fourth-order valence-electron chi connectivity index (χ4n) is 2.95. The van der Waals surface area contributed by atoms with Gasteiger partial charge in [-0.1, -0.05) is 53.7 Å². The molecule has 0 aliphatic carbocycles. The Bertz CT molecular complexity index is 1290. The molecule has 2 N–H and O–H groups in total. The van der Waals surface area contributed by atoms with Crippen molar-refractivity contribution in [2.45, 2.75) is 22.3 Å². The molecule has 3 aromatic carbocycles. The normalized spacial score (nSPS) is 11.3. The van der Waals surface area contributed by atoms with E-state index in [0.29, 0.717) is 33.5 Å². The first kappa shape index (κ1) is 24.1. The number of para-hydroxylation sites is 1. The predicted molar refractivity (Wildman–Crippen MR) is 119 cm³/mol. The van der Waals surface area contributed by atoms with Gasteiger partial charge in [0.1, 0.15) is 10.1 Å². The minimum Gasteiger partial charge on any atom is -0.744 e. The maximum absolute atomic E-state index is 11.2. The molecular weight excluding hydrogens is 465 g/mol. The number of thioether (sulfide) groups is 1. The zero-order chi connectivity index (χ0) is 21.1. The fraction of sp³-hybridized carbons (Fsp3) is 0.0952. The number of aromatic amines is 1. The molecule has 0 saturated heterocycles. The van der Waals surface area contributed by atoms with Crippen molar-refractivity contribution in [3.05, 3.63) is 82.9 Å². The average molecular weight is 482 g/mol. The molecule has 4 rings (SSSR count). The number of halogens is 1. The third kappa shape index (κ3) is 6.26. The Morgan fingerprint density at radius 3 is 2.55 bits per heavy atom. The summed E-state index contributed by atoms with van der Waals surface area (Å²) >= 11 is 7.44. The molecule has 0 atom stereocenters. The summed E-state index contributed by atoms with van der Waals surface area (Å²) in [5.74, 6) is 0.663. The Kier molecular flexibility index (Phi) is 8.09. The van der Waals surface area contributed by atoms with Gasteiger partial charge in [0.25, 0.3) is 0 Å². The number of hydrogen-bond acceptors (Lipinski definition) is 6. The summed E-state index contributed by atoms with van der Waals surface area (Å²) in [6.45, 7) is 0.677. The number of benzene rings is 3. The van der Waals surface area contributed by atoms with Crippen LogP contribution in [0.15, 0.2) is 76.8 Å². The van der Waals surface area contributed by atoms with E-state index in [0.717, 1.165) is 16.8 Å². The minimum absolute atomic E-state index is 0. The van der Waals surface area contributed by atoms with Crippen molar-refractivity contribution in [1.29, 1.82) is 0 Å². The van der Waals surface area contributed by atoms with Gasteiger partial charge in [0.2, 0.25) is 0 Å². The van der Waals surface area contributed by atoms with Gasteiger partial charge in [-0.3, -0.25) is 0 Å². The number of H-pyrrole nitrogens is 1. The molecule has 0 bridgehead atoms. The molecule has 0 radical (unpaired) electrons. The Hall–Kier alpha value is -1.52. The molecule has 1 aromatic heterocycles. The van der Waals surface area contributed by atoms with E-state index in [4.69, 9.17) is 11.6 Å². The molecule has 1 heterocycles. The third-order valence-corrected chi connectivity index (χ3v) is 6.50. The van der Waals surface area contributed by atoms with E-state index in [1.165, 1.54) is 30.0 Å². The summed E-state index contributed by atoms with van der Waals surface area (Å²) in [4.78, 5) is 7.27. The van der Waals surface area contributed by atoms with Gasteiger partial charge in [0.05, 0.1) is 15.9 Å². The SMILES string of the molecule is O=S(=O)([O-])c1ccc2nc(SCc3ccccc3NCc3ccc(Cl)cc3)[nH]c2c1.[Na+]. The Morgan fingerprint density at radius 1 is 1.06 bits per heavy atom. The summed E-state index contributed by atoms with van der Waals surface area (Å²) in [5.41, 5.74) is 4.39. The average Bonchev–Trinajstić information content (AvgIpc) is 3.14. The van der Waals surface area contributed by atoms with Crippen LogP contribution in [0.25, 0.3) is 11.0 Å². The maximum Gasteiger partial charge on any atom is 1.00 e. The number of fused-ring (bicyclic) bond motifs is 1. The molecule has 10 heteroatoms. The largest absolute Gasteiger partial charge is 1.00 e. The summed E-state index contributed by atoms with van der Waals surface area (Å²) in [6.07, 6.45) is 0. The second-order valence-electron chi connectivity index (χ2n) is 6.60. The van der Waals surface area contributed by atoms with Crippen LogP contribution in [0.1, 0.15) is 11.1 Å².